The smallest absolute Gasteiger partial charge is 0.238 e. The zero-order valence-corrected chi connectivity index (χ0v) is 17.3. The van der Waals surface area contributed by atoms with Crippen molar-refractivity contribution in [3.05, 3.63) is 40.7 Å². The number of nitrogens with one attached hydrogen (secondary N) is 1. The van der Waals surface area contributed by atoms with E-state index in [0.29, 0.717) is 24.4 Å². The van der Waals surface area contributed by atoms with Crippen molar-refractivity contribution in [1.82, 2.24) is 14.7 Å². The largest absolute Gasteiger partial charge is 0.491 e. The first-order valence-corrected chi connectivity index (χ1v) is 9.75. The summed E-state index contributed by atoms with van der Waals surface area (Å²) < 4.78 is 7.50. The van der Waals surface area contributed by atoms with Gasteiger partial charge in [0.2, 0.25) is 5.91 Å². The average Bonchev–Trinajstić information content (AvgIpc) is 3.02. The molecule has 28 heavy (non-hydrogen) atoms. The summed E-state index contributed by atoms with van der Waals surface area (Å²) >= 11 is 6.20. The van der Waals surface area contributed by atoms with Crippen molar-refractivity contribution < 1.29 is 14.6 Å². The molecule has 152 valence electrons. The highest BCUT2D eigenvalue weighted by atomic mass is 35.5. The summed E-state index contributed by atoms with van der Waals surface area (Å²) in [6, 6.07) is 3.75. The van der Waals surface area contributed by atoms with Crippen LogP contribution in [0.2, 0.25) is 5.02 Å². The van der Waals surface area contributed by atoms with Crippen LogP contribution in [0, 0.1) is 13.8 Å². The van der Waals surface area contributed by atoms with Gasteiger partial charge in [-0.2, -0.15) is 5.10 Å². The van der Waals surface area contributed by atoms with Crippen molar-refractivity contribution >= 4 is 23.2 Å². The lowest BCUT2D eigenvalue weighted by Crippen LogP contribution is -2.53. The second-order valence-corrected chi connectivity index (χ2v) is 8.03. The monoisotopic (exact) mass is 406 g/mol. The van der Waals surface area contributed by atoms with Crippen molar-refractivity contribution in [3.63, 3.8) is 0 Å². The van der Waals surface area contributed by atoms with Gasteiger partial charge in [-0.3, -0.25) is 14.4 Å². The Kier molecular flexibility index (Phi) is 6.27. The molecule has 1 saturated heterocycles. The van der Waals surface area contributed by atoms with E-state index in [9.17, 15) is 9.90 Å². The fraction of sp³-hybridized carbons (Fsp3) is 0.500. The molecule has 0 aliphatic carbocycles. The Labute approximate surface area is 170 Å². The first kappa shape index (κ1) is 20.6. The molecule has 1 amide bonds. The Hall–Kier alpha value is -2.09. The second-order valence-electron chi connectivity index (χ2n) is 7.65. The van der Waals surface area contributed by atoms with E-state index in [-0.39, 0.29) is 19.1 Å². The van der Waals surface area contributed by atoms with Gasteiger partial charge in [0.25, 0.3) is 0 Å². The van der Waals surface area contributed by atoms with Crippen LogP contribution in [0.5, 0.6) is 5.75 Å². The van der Waals surface area contributed by atoms with E-state index in [4.69, 9.17) is 16.3 Å². The summed E-state index contributed by atoms with van der Waals surface area (Å²) in [4.78, 5) is 14.2. The molecule has 0 saturated carbocycles. The van der Waals surface area contributed by atoms with E-state index >= 15 is 0 Å². The summed E-state index contributed by atoms with van der Waals surface area (Å²) in [7, 11) is 1.80. The molecule has 8 heteroatoms. The summed E-state index contributed by atoms with van der Waals surface area (Å²) in [6.45, 7) is 5.41. The molecule has 2 N–H and O–H groups in total. The molecule has 1 atom stereocenters. The van der Waals surface area contributed by atoms with Crippen molar-refractivity contribution in [2.75, 3.05) is 31.6 Å². The van der Waals surface area contributed by atoms with Gasteiger partial charge in [0, 0.05) is 24.8 Å². The normalized spacial score (nSPS) is 20.2. The zero-order chi connectivity index (χ0) is 20.3. The predicted octanol–water partition coefficient (Wildman–Crippen LogP) is 2.53. The number of carbonyl (C=O) groups excluding carboxylic acids is 1. The van der Waals surface area contributed by atoms with Crippen LogP contribution in [-0.2, 0) is 11.8 Å². The number of hydrogen-bond acceptors (Lipinski definition) is 5. The molecule has 2 aromatic rings. The van der Waals surface area contributed by atoms with Gasteiger partial charge in [-0.1, -0.05) is 11.6 Å². The topological polar surface area (TPSA) is 79.6 Å². The maximum absolute atomic E-state index is 12.3. The van der Waals surface area contributed by atoms with E-state index < -0.39 is 5.60 Å². The number of aliphatic hydroxyl groups is 1. The molecule has 3 rings (SSSR count). The standard InChI is InChI=1S/C20H27ClN4O3/c1-14-7-17(8-15(2)19(14)21)28-13-20(27)5-4-6-25(12-20)11-18(26)23-16-9-22-24(3)10-16/h7-10,27H,4-6,11-13H2,1-3H3,(H,23,26). The Morgan fingerprint density at radius 2 is 2.11 bits per heavy atom. The maximum atomic E-state index is 12.3. The van der Waals surface area contributed by atoms with Crippen molar-refractivity contribution in [2.24, 2.45) is 7.05 Å². The Morgan fingerprint density at radius 1 is 1.39 bits per heavy atom. The number of ether oxygens (including phenoxy) is 1. The molecule has 1 unspecified atom stereocenters. The summed E-state index contributed by atoms with van der Waals surface area (Å²) in [5, 5.41) is 18.6. The van der Waals surface area contributed by atoms with E-state index in [1.807, 2.05) is 30.9 Å². The Morgan fingerprint density at radius 3 is 2.75 bits per heavy atom. The lowest BCUT2D eigenvalue weighted by molar-refractivity contribution is -0.119. The first-order chi connectivity index (χ1) is 13.2. The molecule has 1 aliphatic heterocycles. The highest BCUT2D eigenvalue weighted by molar-refractivity contribution is 6.32. The third kappa shape index (κ3) is 5.25. The summed E-state index contributed by atoms with van der Waals surface area (Å²) in [6.07, 6.45) is 4.79. The van der Waals surface area contributed by atoms with Gasteiger partial charge in [-0.05, 0) is 56.5 Å². The van der Waals surface area contributed by atoms with Crippen molar-refractivity contribution in [1.29, 1.82) is 0 Å². The minimum Gasteiger partial charge on any atom is -0.491 e. The number of anilines is 1. The molecule has 0 spiro atoms. The number of nitrogens with zero attached hydrogens (tertiary/aromatic N) is 3. The molecule has 2 heterocycles. The van der Waals surface area contributed by atoms with E-state index in [1.54, 1.807) is 24.1 Å². The zero-order valence-electron chi connectivity index (χ0n) is 16.5. The lowest BCUT2D eigenvalue weighted by atomic mass is 9.93. The third-order valence-electron chi connectivity index (χ3n) is 4.91. The van der Waals surface area contributed by atoms with Crippen LogP contribution in [-0.4, -0.2) is 57.5 Å². The number of piperidine rings is 1. The molecule has 1 aliphatic rings. The number of halogens is 1. The number of benzene rings is 1. The molecule has 1 fully saturated rings. The highest BCUT2D eigenvalue weighted by Gasteiger charge is 2.34. The van der Waals surface area contributed by atoms with Crippen LogP contribution in [0.1, 0.15) is 24.0 Å². The van der Waals surface area contributed by atoms with Gasteiger partial charge < -0.3 is 15.2 Å². The van der Waals surface area contributed by atoms with E-state index in [2.05, 4.69) is 10.4 Å². The Balaban J connectivity index is 1.54. The maximum Gasteiger partial charge on any atom is 0.238 e. The van der Waals surface area contributed by atoms with Crippen LogP contribution < -0.4 is 10.1 Å². The van der Waals surface area contributed by atoms with E-state index in [1.165, 1.54) is 0 Å². The predicted molar refractivity (Wildman–Crippen MR) is 109 cm³/mol. The first-order valence-electron chi connectivity index (χ1n) is 9.37. The fourth-order valence-electron chi connectivity index (χ4n) is 3.56. The number of hydrogen-bond donors (Lipinski definition) is 2. The number of β-amino-alcohol motifs (C(OH)–C–C–N with tert-alkyl or cyclic N) is 1. The van der Waals surface area contributed by atoms with Crippen LogP contribution in [0.4, 0.5) is 5.69 Å². The van der Waals surface area contributed by atoms with Crippen molar-refractivity contribution in [3.8, 4) is 5.75 Å². The molecule has 1 aromatic heterocycles. The van der Waals surface area contributed by atoms with Crippen LogP contribution >= 0.6 is 11.6 Å². The highest BCUT2D eigenvalue weighted by Crippen LogP contribution is 2.28. The SMILES string of the molecule is Cc1cc(OCC2(O)CCCN(CC(=O)Nc3cnn(C)c3)C2)cc(C)c1Cl. The third-order valence-corrected chi connectivity index (χ3v) is 5.50. The van der Waals surface area contributed by atoms with Crippen LogP contribution in [0.3, 0.4) is 0 Å². The summed E-state index contributed by atoms with van der Waals surface area (Å²) in [5.74, 6) is 0.571. The molecule has 0 radical (unpaired) electrons. The van der Waals surface area contributed by atoms with Gasteiger partial charge >= 0.3 is 0 Å². The van der Waals surface area contributed by atoms with E-state index in [0.717, 1.165) is 29.1 Å². The van der Waals surface area contributed by atoms with Gasteiger partial charge in [0.1, 0.15) is 18.0 Å². The molecule has 1 aromatic carbocycles. The summed E-state index contributed by atoms with van der Waals surface area (Å²) in [5.41, 5.74) is 1.56. The molecular weight excluding hydrogens is 380 g/mol. The molecule has 7 nitrogen and oxygen atoms in total. The number of carbonyl (C=O) groups is 1. The van der Waals surface area contributed by atoms with Crippen LogP contribution in [0.15, 0.2) is 24.5 Å². The molecular formula is C20H27ClN4O3. The van der Waals surface area contributed by atoms with Gasteiger partial charge in [0.05, 0.1) is 18.4 Å². The quantitative estimate of drug-likeness (QED) is 0.770. The second kappa shape index (κ2) is 8.51. The van der Waals surface area contributed by atoms with Gasteiger partial charge in [0.15, 0.2) is 0 Å². The lowest BCUT2D eigenvalue weighted by Gasteiger charge is -2.38. The number of aromatic nitrogens is 2. The number of aryl methyl sites for hydroxylation is 3. The van der Waals surface area contributed by atoms with Crippen LogP contribution in [0.25, 0.3) is 0 Å². The number of amides is 1. The van der Waals surface area contributed by atoms with Gasteiger partial charge in [-0.15, -0.1) is 0 Å². The molecule has 0 bridgehead atoms. The number of rotatable bonds is 6. The average molecular weight is 407 g/mol. The van der Waals surface area contributed by atoms with Crippen molar-refractivity contribution in [2.45, 2.75) is 32.3 Å². The number of likely N-dealkylation sites (tertiary alicyclic amines) is 1. The van der Waals surface area contributed by atoms with Gasteiger partial charge in [-0.25, -0.2) is 0 Å². The Bertz CT molecular complexity index is 831. The minimum absolute atomic E-state index is 0.123. The minimum atomic E-state index is -0.992. The fourth-order valence-corrected chi connectivity index (χ4v) is 3.66.